The first-order valence-electron chi connectivity index (χ1n) is 5.12. The van der Waals surface area contributed by atoms with E-state index in [9.17, 15) is 0 Å². The zero-order valence-electron chi connectivity index (χ0n) is 9.54. The molecule has 2 aromatic rings. The monoisotopic (exact) mass is 327 g/mol. The maximum atomic E-state index is 5.94. The van der Waals surface area contributed by atoms with Crippen molar-refractivity contribution in [2.45, 2.75) is 6.92 Å². The summed E-state index contributed by atoms with van der Waals surface area (Å²) in [5, 5.41) is 3.84. The number of nitrogens with zero attached hydrogens (tertiary/aromatic N) is 2. The minimum Gasteiger partial charge on any atom is -0.340 e. The van der Waals surface area contributed by atoms with Gasteiger partial charge in [0, 0.05) is 15.7 Å². The molecule has 0 bridgehead atoms. The van der Waals surface area contributed by atoms with Gasteiger partial charge in [-0.05, 0) is 41.1 Å². The minimum atomic E-state index is 0.584. The molecule has 0 saturated heterocycles. The number of benzene rings is 1. The average Bonchev–Trinajstić information content (AvgIpc) is 2.36. The van der Waals surface area contributed by atoms with Gasteiger partial charge < -0.3 is 10.7 Å². The van der Waals surface area contributed by atoms with Crippen molar-refractivity contribution < 1.29 is 0 Å². The third kappa shape index (κ3) is 2.72. The molecule has 5 nitrogen and oxygen atoms in total. The van der Waals surface area contributed by atoms with Crippen molar-refractivity contribution in [1.82, 2.24) is 9.97 Å². The number of nitrogens with one attached hydrogen (secondary N) is 2. The summed E-state index contributed by atoms with van der Waals surface area (Å²) < 4.78 is 0.818. The third-order valence-corrected chi connectivity index (χ3v) is 3.62. The van der Waals surface area contributed by atoms with Crippen LogP contribution in [0.4, 0.5) is 17.3 Å². The molecular weight excluding hydrogens is 318 g/mol. The highest BCUT2D eigenvalue weighted by Gasteiger charge is 2.07. The van der Waals surface area contributed by atoms with Crippen LogP contribution >= 0.6 is 27.5 Å². The Labute approximate surface area is 118 Å². The number of anilines is 3. The lowest BCUT2D eigenvalue weighted by Crippen LogP contribution is -2.11. The molecular formula is C11H11BrClN5. The van der Waals surface area contributed by atoms with Gasteiger partial charge in [0.15, 0.2) is 0 Å². The van der Waals surface area contributed by atoms with Crippen molar-refractivity contribution in [3.8, 4) is 0 Å². The molecule has 0 spiro atoms. The van der Waals surface area contributed by atoms with Crippen molar-refractivity contribution >= 4 is 44.9 Å². The number of hydrogen-bond donors (Lipinski definition) is 3. The van der Waals surface area contributed by atoms with Gasteiger partial charge in [0.25, 0.3) is 0 Å². The number of aromatic nitrogens is 2. The summed E-state index contributed by atoms with van der Waals surface area (Å²) in [5.74, 6) is 6.63. The smallest absolute Gasteiger partial charge is 0.148 e. The number of nitrogens with two attached hydrogens (primary N) is 1. The minimum absolute atomic E-state index is 0.584. The maximum Gasteiger partial charge on any atom is 0.148 e. The fraction of sp³-hybridized carbons (Fsp3) is 0.0909. The molecule has 0 amide bonds. The van der Waals surface area contributed by atoms with Crippen molar-refractivity contribution in [1.29, 1.82) is 0 Å². The SMILES string of the molecule is Cc1c(NN)ncnc1Nc1ccc(Cl)c(Br)c1. The van der Waals surface area contributed by atoms with Crippen LogP contribution in [0.25, 0.3) is 0 Å². The first-order chi connectivity index (χ1) is 8.61. The lowest BCUT2D eigenvalue weighted by atomic mass is 10.3. The zero-order valence-corrected chi connectivity index (χ0v) is 11.9. The van der Waals surface area contributed by atoms with Crippen LogP contribution in [0.1, 0.15) is 5.56 Å². The molecule has 0 aliphatic heterocycles. The van der Waals surface area contributed by atoms with Crippen LogP contribution in [0.15, 0.2) is 29.0 Å². The molecule has 2 rings (SSSR count). The van der Waals surface area contributed by atoms with Gasteiger partial charge in [-0.25, -0.2) is 15.8 Å². The van der Waals surface area contributed by atoms with Crippen LogP contribution in [0, 0.1) is 6.92 Å². The second-order valence-electron chi connectivity index (χ2n) is 3.59. The molecule has 1 aromatic carbocycles. The Kier molecular flexibility index (Phi) is 4.00. The van der Waals surface area contributed by atoms with Crippen LogP contribution in [0.2, 0.25) is 5.02 Å². The van der Waals surface area contributed by atoms with Crippen molar-refractivity contribution in [2.24, 2.45) is 5.84 Å². The Balaban J connectivity index is 2.31. The largest absolute Gasteiger partial charge is 0.340 e. The first-order valence-corrected chi connectivity index (χ1v) is 6.29. The second-order valence-corrected chi connectivity index (χ2v) is 4.86. The highest BCUT2D eigenvalue weighted by Crippen LogP contribution is 2.28. The van der Waals surface area contributed by atoms with Gasteiger partial charge in [-0.3, -0.25) is 0 Å². The van der Waals surface area contributed by atoms with E-state index in [4.69, 9.17) is 17.4 Å². The van der Waals surface area contributed by atoms with Crippen molar-refractivity contribution in [3.05, 3.63) is 39.6 Å². The second kappa shape index (κ2) is 5.51. The van der Waals surface area contributed by atoms with Crippen LogP contribution in [-0.4, -0.2) is 9.97 Å². The van der Waals surface area contributed by atoms with E-state index in [1.165, 1.54) is 6.33 Å². The summed E-state index contributed by atoms with van der Waals surface area (Å²) in [5.41, 5.74) is 4.23. The lowest BCUT2D eigenvalue weighted by Gasteiger charge is -2.11. The summed E-state index contributed by atoms with van der Waals surface area (Å²) >= 11 is 9.30. The standard InChI is InChI=1S/C11H11BrClN5/c1-6-10(15-5-16-11(6)18-14)17-7-2-3-9(13)8(12)4-7/h2-5H,14H2,1H3,(H2,15,16,17,18). The summed E-state index contributed by atoms with van der Waals surface area (Å²) in [7, 11) is 0. The molecule has 18 heavy (non-hydrogen) atoms. The number of hydrazine groups is 1. The average molecular weight is 329 g/mol. The van der Waals surface area contributed by atoms with Gasteiger partial charge in [0.1, 0.15) is 18.0 Å². The fourth-order valence-electron chi connectivity index (χ4n) is 1.43. The van der Waals surface area contributed by atoms with Crippen LogP contribution in [0.5, 0.6) is 0 Å². The first kappa shape index (κ1) is 13.1. The number of halogens is 2. The van der Waals surface area contributed by atoms with Gasteiger partial charge in [-0.1, -0.05) is 11.6 Å². The number of rotatable bonds is 3. The van der Waals surface area contributed by atoms with Gasteiger partial charge >= 0.3 is 0 Å². The van der Waals surface area contributed by atoms with E-state index in [1.54, 1.807) is 6.07 Å². The van der Waals surface area contributed by atoms with Gasteiger partial charge in [0.05, 0.1) is 5.02 Å². The summed E-state index contributed by atoms with van der Waals surface area (Å²) in [6.07, 6.45) is 1.44. The highest BCUT2D eigenvalue weighted by atomic mass is 79.9. The number of nitrogen functional groups attached to an aromatic ring is 1. The highest BCUT2D eigenvalue weighted by molar-refractivity contribution is 9.10. The van der Waals surface area contributed by atoms with Gasteiger partial charge in [-0.15, -0.1) is 0 Å². The van der Waals surface area contributed by atoms with Crippen LogP contribution < -0.4 is 16.6 Å². The van der Waals surface area contributed by atoms with Gasteiger partial charge in [0.2, 0.25) is 0 Å². The normalized spacial score (nSPS) is 10.2. The molecule has 0 radical (unpaired) electrons. The fourth-order valence-corrected chi connectivity index (χ4v) is 1.93. The maximum absolute atomic E-state index is 5.94. The Morgan fingerprint density at radius 3 is 2.67 bits per heavy atom. The third-order valence-electron chi connectivity index (χ3n) is 2.40. The van der Waals surface area contributed by atoms with Crippen LogP contribution in [-0.2, 0) is 0 Å². The van der Waals surface area contributed by atoms with E-state index in [-0.39, 0.29) is 0 Å². The Morgan fingerprint density at radius 2 is 2.00 bits per heavy atom. The number of hydrogen-bond acceptors (Lipinski definition) is 5. The van der Waals surface area contributed by atoms with Gasteiger partial charge in [-0.2, -0.15) is 0 Å². The topological polar surface area (TPSA) is 75.9 Å². The van der Waals surface area contributed by atoms with E-state index >= 15 is 0 Å². The van der Waals surface area contributed by atoms with Crippen molar-refractivity contribution in [2.75, 3.05) is 10.7 Å². The van der Waals surface area contributed by atoms with E-state index in [2.05, 4.69) is 36.6 Å². The zero-order chi connectivity index (χ0) is 13.1. The Hall–Kier alpha value is -1.37. The Morgan fingerprint density at radius 1 is 1.28 bits per heavy atom. The van der Waals surface area contributed by atoms with Crippen molar-refractivity contribution in [3.63, 3.8) is 0 Å². The molecule has 94 valence electrons. The molecule has 0 saturated carbocycles. The van der Waals surface area contributed by atoms with E-state index in [0.29, 0.717) is 16.7 Å². The molecule has 0 aliphatic rings. The molecule has 0 aliphatic carbocycles. The summed E-state index contributed by atoms with van der Waals surface area (Å²) in [4.78, 5) is 8.18. The summed E-state index contributed by atoms with van der Waals surface area (Å²) in [6, 6.07) is 5.54. The molecule has 7 heteroatoms. The van der Waals surface area contributed by atoms with Crippen LogP contribution in [0.3, 0.4) is 0 Å². The lowest BCUT2D eigenvalue weighted by molar-refractivity contribution is 1.11. The van der Waals surface area contributed by atoms with E-state index in [0.717, 1.165) is 15.7 Å². The summed E-state index contributed by atoms with van der Waals surface area (Å²) in [6.45, 7) is 1.88. The molecule has 0 atom stereocenters. The molecule has 1 heterocycles. The van der Waals surface area contributed by atoms with E-state index < -0.39 is 0 Å². The molecule has 0 unspecified atom stereocenters. The van der Waals surface area contributed by atoms with E-state index in [1.807, 2.05) is 19.1 Å². The Bertz CT molecular complexity index is 575. The molecule has 1 aromatic heterocycles. The predicted octanol–water partition coefficient (Wildman–Crippen LogP) is 3.23. The molecule has 0 fully saturated rings. The molecule has 4 N–H and O–H groups in total. The predicted molar refractivity (Wildman–Crippen MR) is 77.0 cm³/mol. The quantitative estimate of drug-likeness (QED) is 0.596.